The molecule has 3 atom stereocenters. The maximum atomic E-state index is 14.7. The summed E-state index contributed by atoms with van der Waals surface area (Å²) in [6.07, 6.45) is 3.78. The zero-order chi connectivity index (χ0) is 29.2. The van der Waals surface area contributed by atoms with Gasteiger partial charge in [0.15, 0.2) is 28.8 Å². The Kier molecular flexibility index (Phi) is 6.06. The van der Waals surface area contributed by atoms with Gasteiger partial charge < -0.3 is 14.4 Å². The zero-order valence-electron chi connectivity index (χ0n) is 22.9. The predicted octanol–water partition coefficient (Wildman–Crippen LogP) is 6.67. The predicted molar refractivity (Wildman–Crippen MR) is 161 cm³/mol. The van der Waals surface area contributed by atoms with Gasteiger partial charge in [0, 0.05) is 33.3 Å². The standard InChI is InChI=1S/C35H26ClNO5/c1-41-27-16-12-22(19-28(27)42-2)30-31(32(38)20-8-4-3-5-9-20)37-26-15-14-23(36)18-21(26)13-17-29(37)35(30)33(39)24-10-6-7-11-25(24)34(35)40/h3-19,29-31H,1-2H3. The number of Topliss-reactive ketones (excluding diaryl/α,β-unsaturated/α-hetero) is 3. The molecular formula is C35H26ClNO5. The monoisotopic (exact) mass is 575 g/mol. The number of anilines is 1. The molecule has 208 valence electrons. The lowest BCUT2D eigenvalue weighted by atomic mass is 9.64. The van der Waals surface area contributed by atoms with E-state index in [1.807, 2.05) is 53.5 Å². The quantitative estimate of drug-likeness (QED) is 0.195. The van der Waals surface area contributed by atoms with Crippen LogP contribution in [0.3, 0.4) is 0 Å². The fourth-order valence-electron chi connectivity index (χ4n) is 7.14. The van der Waals surface area contributed by atoms with Crippen LogP contribution in [-0.2, 0) is 0 Å². The average molecular weight is 576 g/mol. The number of halogens is 1. The first-order valence-corrected chi connectivity index (χ1v) is 14.1. The summed E-state index contributed by atoms with van der Waals surface area (Å²) < 4.78 is 11.1. The molecule has 42 heavy (non-hydrogen) atoms. The molecule has 7 rings (SSSR count). The van der Waals surface area contributed by atoms with Crippen LogP contribution in [0.4, 0.5) is 5.69 Å². The van der Waals surface area contributed by atoms with E-state index in [-0.39, 0.29) is 17.3 Å². The highest BCUT2D eigenvalue weighted by Gasteiger charge is 2.71. The van der Waals surface area contributed by atoms with Crippen molar-refractivity contribution in [1.82, 2.24) is 0 Å². The van der Waals surface area contributed by atoms with Gasteiger partial charge in [0.2, 0.25) is 0 Å². The first kappa shape index (κ1) is 26.2. The Morgan fingerprint density at radius 1 is 0.810 bits per heavy atom. The molecule has 3 unspecified atom stereocenters. The number of hydrogen-bond donors (Lipinski definition) is 0. The van der Waals surface area contributed by atoms with E-state index in [2.05, 4.69) is 0 Å². The first-order chi connectivity index (χ1) is 20.4. The summed E-state index contributed by atoms with van der Waals surface area (Å²) >= 11 is 6.38. The van der Waals surface area contributed by atoms with Crippen molar-refractivity contribution in [1.29, 1.82) is 0 Å². The van der Waals surface area contributed by atoms with E-state index < -0.39 is 23.4 Å². The number of carbonyl (C=O) groups is 3. The normalized spacial score (nSPS) is 21.2. The summed E-state index contributed by atoms with van der Waals surface area (Å²) in [5.74, 6) is -0.673. The van der Waals surface area contributed by atoms with Gasteiger partial charge in [-0.05, 0) is 41.5 Å². The molecular weight excluding hydrogens is 550 g/mol. The van der Waals surface area contributed by atoms with Crippen LogP contribution in [0.1, 0.15) is 48.1 Å². The van der Waals surface area contributed by atoms with Gasteiger partial charge in [-0.25, -0.2) is 0 Å². The number of methoxy groups -OCH3 is 2. The Morgan fingerprint density at radius 2 is 1.48 bits per heavy atom. The molecule has 0 amide bonds. The van der Waals surface area contributed by atoms with E-state index in [4.69, 9.17) is 21.1 Å². The summed E-state index contributed by atoms with van der Waals surface area (Å²) in [7, 11) is 3.08. The fraction of sp³-hybridized carbons (Fsp3) is 0.171. The average Bonchev–Trinajstić information content (AvgIpc) is 3.46. The van der Waals surface area contributed by atoms with Gasteiger partial charge in [0.1, 0.15) is 11.5 Å². The highest BCUT2D eigenvalue weighted by atomic mass is 35.5. The number of ketones is 3. The Bertz CT molecular complexity index is 1780. The number of nitrogens with zero attached hydrogens (tertiary/aromatic N) is 1. The second-order valence-electron chi connectivity index (χ2n) is 10.8. The van der Waals surface area contributed by atoms with Crippen molar-refractivity contribution < 1.29 is 23.9 Å². The molecule has 4 aromatic rings. The number of benzene rings is 4. The number of rotatable bonds is 5. The van der Waals surface area contributed by atoms with Gasteiger partial charge in [-0.1, -0.05) is 84.4 Å². The van der Waals surface area contributed by atoms with Crippen molar-refractivity contribution in [3.05, 3.63) is 130 Å². The second-order valence-corrected chi connectivity index (χ2v) is 11.2. The van der Waals surface area contributed by atoms with Gasteiger partial charge in [-0.3, -0.25) is 14.4 Å². The van der Waals surface area contributed by atoms with Gasteiger partial charge in [0.25, 0.3) is 0 Å². The van der Waals surface area contributed by atoms with Crippen molar-refractivity contribution in [3.63, 3.8) is 0 Å². The summed E-state index contributed by atoms with van der Waals surface area (Å²) in [5.41, 5.74) is 1.81. The molecule has 7 heteroatoms. The molecule has 3 aliphatic rings. The van der Waals surface area contributed by atoms with Crippen molar-refractivity contribution in [3.8, 4) is 11.5 Å². The third kappa shape index (κ3) is 3.48. The first-order valence-electron chi connectivity index (χ1n) is 13.7. The SMILES string of the molecule is COc1ccc(C2C(C(=O)c3ccccc3)N3c4ccc(Cl)cc4C=CC3C23C(=O)c2ccccc2C3=O)cc1OC. The second kappa shape index (κ2) is 9.71. The molecule has 0 saturated carbocycles. The van der Waals surface area contributed by atoms with E-state index in [0.29, 0.717) is 38.8 Å². The van der Waals surface area contributed by atoms with Gasteiger partial charge >= 0.3 is 0 Å². The van der Waals surface area contributed by atoms with Crippen LogP contribution in [0.15, 0.2) is 97.1 Å². The van der Waals surface area contributed by atoms with Crippen molar-refractivity contribution in [2.45, 2.75) is 18.0 Å². The van der Waals surface area contributed by atoms with Crippen molar-refractivity contribution in [2.75, 3.05) is 19.1 Å². The highest BCUT2D eigenvalue weighted by Crippen LogP contribution is 2.61. The van der Waals surface area contributed by atoms with Crippen molar-refractivity contribution in [2.24, 2.45) is 5.41 Å². The van der Waals surface area contributed by atoms with E-state index in [1.54, 1.807) is 61.7 Å². The fourth-order valence-corrected chi connectivity index (χ4v) is 7.32. The smallest absolute Gasteiger partial charge is 0.185 e. The molecule has 0 N–H and O–H groups in total. The van der Waals surface area contributed by atoms with Gasteiger partial charge in [-0.15, -0.1) is 0 Å². The summed E-state index contributed by atoms with van der Waals surface area (Å²) in [6.45, 7) is 0. The minimum atomic E-state index is -1.60. The van der Waals surface area contributed by atoms with Gasteiger partial charge in [0.05, 0.1) is 20.3 Å². The largest absolute Gasteiger partial charge is 0.493 e. The molecule has 4 aromatic carbocycles. The third-order valence-corrected chi connectivity index (χ3v) is 9.09. The maximum absolute atomic E-state index is 14.7. The van der Waals surface area contributed by atoms with E-state index in [0.717, 1.165) is 11.3 Å². The summed E-state index contributed by atoms with van der Waals surface area (Å²) in [4.78, 5) is 46.2. The molecule has 1 fully saturated rings. The van der Waals surface area contributed by atoms with Crippen LogP contribution in [0, 0.1) is 5.41 Å². The van der Waals surface area contributed by atoms with Crippen LogP contribution < -0.4 is 14.4 Å². The number of fused-ring (bicyclic) bond motifs is 5. The lowest BCUT2D eigenvalue weighted by Crippen LogP contribution is -2.48. The van der Waals surface area contributed by atoms with E-state index >= 15 is 0 Å². The molecule has 2 aliphatic heterocycles. The molecule has 1 spiro atoms. The minimum Gasteiger partial charge on any atom is -0.493 e. The molecule has 0 bridgehead atoms. The lowest BCUT2D eigenvalue weighted by Gasteiger charge is -2.37. The Balaban J connectivity index is 1.56. The number of carbonyl (C=O) groups excluding carboxylic acids is 3. The van der Waals surface area contributed by atoms with Gasteiger partial charge in [-0.2, -0.15) is 0 Å². The maximum Gasteiger partial charge on any atom is 0.185 e. The minimum absolute atomic E-state index is 0.190. The Hall–Kier alpha value is -4.68. The van der Waals surface area contributed by atoms with Crippen molar-refractivity contribution >= 4 is 40.7 Å². The molecule has 0 aromatic heterocycles. The zero-order valence-corrected chi connectivity index (χ0v) is 23.7. The summed E-state index contributed by atoms with van der Waals surface area (Å²) in [5, 5.41) is 0.550. The van der Waals surface area contributed by atoms with E-state index in [9.17, 15) is 14.4 Å². The topological polar surface area (TPSA) is 72.9 Å². The number of hydrogen-bond acceptors (Lipinski definition) is 6. The highest BCUT2D eigenvalue weighted by molar-refractivity contribution is 6.32. The lowest BCUT2D eigenvalue weighted by molar-refractivity contribution is 0.0665. The molecule has 6 nitrogen and oxygen atoms in total. The number of ether oxygens (including phenoxy) is 2. The molecule has 0 radical (unpaired) electrons. The molecule has 1 saturated heterocycles. The third-order valence-electron chi connectivity index (χ3n) is 8.86. The Morgan fingerprint density at radius 3 is 2.14 bits per heavy atom. The van der Waals surface area contributed by atoms with Crippen LogP contribution in [-0.4, -0.2) is 43.7 Å². The Labute approximate surface area is 248 Å². The van der Waals surface area contributed by atoms with Crippen LogP contribution in [0.2, 0.25) is 5.02 Å². The molecule has 1 aliphatic carbocycles. The van der Waals surface area contributed by atoms with Crippen LogP contribution in [0.25, 0.3) is 6.08 Å². The van der Waals surface area contributed by atoms with E-state index in [1.165, 1.54) is 7.11 Å². The molecule has 2 heterocycles. The summed E-state index contributed by atoms with van der Waals surface area (Å²) in [6, 6.07) is 25.1. The van der Waals surface area contributed by atoms with Crippen LogP contribution in [0.5, 0.6) is 11.5 Å². The van der Waals surface area contributed by atoms with Crippen LogP contribution >= 0.6 is 11.6 Å².